The minimum atomic E-state index is -0.827. The predicted octanol–water partition coefficient (Wildman–Crippen LogP) is 4.89. The fourth-order valence-electron chi connectivity index (χ4n) is 4.73. The molecule has 0 spiro atoms. The monoisotopic (exact) mass is 494 g/mol. The van der Waals surface area contributed by atoms with Gasteiger partial charge in [0.05, 0.1) is 36.0 Å². The third-order valence-corrected chi connectivity index (χ3v) is 6.71. The molecule has 34 heavy (non-hydrogen) atoms. The smallest absolute Gasteiger partial charge is 0.338 e. The van der Waals surface area contributed by atoms with Crippen LogP contribution in [0.1, 0.15) is 30.7 Å². The maximum atomic E-state index is 13.4. The highest BCUT2D eigenvalue weighted by Crippen LogP contribution is 2.48. The number of nitrogens with zero attached hydrogens (tertiary/aromatic N) is 3. The van der Waals surface area contributed by atoms with Crippen LogP contribution in [-0.4, -0.2) is 28.8 Å². The number of anilines is 1. The van der Waals surface area contributed by atoms with E-state index in [4.69, 9.17) is 33.7 Å². The molecule has 2 aromatic heterocycles. The predicted molar refractivity (Wildman–Crippen MR) is 130 cm³/mol. The molecule has 1 aromatic carbocycles. The highest BCUT2D eigenvalue weighted by molar-refractivity contribution is 6.32. The first-order valence-electron chi connectivity index (χ1n) is 10.7. The molecule has 1 unspecified atom stereocenters. The van der Waals surface area contributed by atoms with Gasteiger partial charge in [0.15, 0.2) is 5.78 Å². The molecule has 0 saturated carbocycles. The van der Waals surface area contributed by atoms with Gasteiger partial charge in [0, 0.05) is 39.9 Å². The lowest BCUT2D eigenvalue weighted by Gasteiger charge is -2.40. The Bertz CT molecular complexity index is 1400. The van der Waals surface area contributed by atoms with Gasteiger partial charge in [0.1, 0.15) is 11.0 Å². The minimum Gasteiger partial charge on any atom is -0.466 e. The van der Waals surface area contributed by atoms with E-state index in [1.54, 1.807) is 41.6 Å². The van der Waals surface area contributed by atoms with Gasteiger partial charge in [-0.25, -0.2) is 9.78 Å². The summed E-state index contributed by atoms with van der Waals surface area (Å²) < 4.78 is 5.12. The molecule has 3 heterocycles. The first kappa shape index (κ1) is 22.4. The van der Waals surface area contributed by atoms with Crippen LogP contribution < -0.4 is 10.6 Å². The average Bonchev–Trinajstić information content (AvgIpc) is 2.83. The number of methoxy groups -OCH3 is 1. The molecule has 0 fully saturated rings. The number of esters is 1. The summed E-state index contributed by atoms with van der Waals surface area (Å²) in [5.74, 6) is -1.38. The van der Waals surface area contributed by atoms with Gasteiger partial charge in [-0.3, -0.25) is 14.7 Å². The van der Waals surface area contributed by atoms with Gasteiger partial charge in [-0.15, -0.1) is 0 Å². The van der Waals surface area contributed by atoms with E-state index in [0.29, 0.717) is 46.6 Å². The highest BCUT2D eigenvalue weighted by atomic mass is 35.5. The zero-order valence-electron chi connectivity index (χ0n) is 18.2. The summed E-state index contributed by atoms with van der Waals surface area (Å²) in [6, 6.07) is 10.7. The van der Waals surface area contributed by atoms with Crippen LogP contribution in [0.15, 0.2) is 71.5 Å². The lowest BCUT2D eigenvalue weighted by molar-refractivity contribution is -0.136. The number of carbonyl (C=O) groups is 2. The van der Waals surface area contributed by atoms with Gasteiger partial charge >= 0.3 is 5.97 Å². The number of aromatic nitrogens is 2. The minimum absolute atomic E-state index is 0.0729. The SMILES string of the molecule is COC(=O)C1=C(N)N(c2cccnc2)C2=C(C(=O)CCC2)C1c1cc2cc(Cl)ccc2nc1Cl. The topological polar surface area (TPSA) is 98.4 Å². The van der Waals surface area contributed by atoms with E-state index >= 15 is 0 Å². The van der Waals surface area contributed by atoms with Crippen LogP contribution in [0.5, 0.6) is 0 Å². The van der Waals surface area contributed by atoms with Gasteiger partial charge < -0.3 is 10.5 Å². The molecule has 2 N–H and O–H groups in total. The van der Waals surface area contributed by atoms with Crippen LogP contribution in [0.3, 0.4) is 0 Å². The lowest BCUT2D eigenvalue weighted by Crippen LogP contribution is -2.41. The van der Waals surface area contributed by atoms with Crippen molar-refractivity contribution in [2.24, 2.45) is 5.73 Å². The molecule has 0 radical (unpaired) electrons. The second-order valence-electron chi connectivity index (χ2n) is 8.11. The third-order valence-electron chi connectivity index (χ3n) is 6.17. The number of ketones is 1. The van der Waals surface area contributed by atoms with Crippen LogP contribution in [0.4, 0.5) is 5.69 Å². The molecule has 0 bridgehead atoms. The summed E-state index contributed by atoms with van der Waals surface area (Å²) >= 11 is 12.9. The second kappa shape index (κ2) is 8.74. The first-order chi connectivity index (χ1) is 16.4. The Morgan fingerprint density at radius 1 is 1.21 bits per heavy atom. The van der Waals surface area contributed by atoms with Crippen LogP contribution in [0.25, 0.3) is 10.9 Å². The van der Waals surface area contributed by atoms with Crippen molar-refractivity contribution in [2.75, 3.05) is 12.0 Å². The fraction of sp³-hybridized carbons (Fsp3) is 0.200. The largest absolute Gasteiger partial charge is 0.466 e. The van der Waals surface area contributed by atoms with Crippen molar-refractivity contribution in [3.63, 3.8) is 0 Å². The fourth-order valence-corrected chi connectivity index (χ4v) is 5.17. The molecule has 2 aliphatic rings. The number of Topliss-reactive ketones (excluding diaryl/α,β-unsaturated/α-hetero) is 1. The lowest BCUT2D eigenvalue weighted by atomic mass is 9.75. The Kier molecular flexibility index (Phi) is 5.75. The Labute approximate surface area is 205 Å². The highest BCUT2D eigenvalue weighted by Gasteiger charge is 2.44. The standard InChI is InChI=1S/C25H20Cl2N4O3/c1-34-25(33)22-20(16-11-13-10-14(26)7-8-17(13)30-23(16)27)21-18(5-2-6-19(21)32)31(24(22)28)15-4-3-9-29-12-15/h3-4,7-12,20H,2,5-6,28H2,1H3. The Morgan fingerprint density at radius 3 is 2.76 bits per heavy atom. The van der Waals surface area contributed by atoms with Gasteiger partial charge in [-0.05, 0) is 49.2 Å². The van der Waals surface area contributed by atoms with E-state index in [9.17, 15) is 9.59 Å². The number of allylic oxidation sites excluding steroid dienone is 2. The zero-order chi connectivity index (χ0) is 24.0. The number of nitrogens with two attached hydrogens (primary N) is 1. The van der Waals surface area contributed by atoms with E-state index in [0.717, 1.165) is 11.1 Å². The molecule has 7 nitrogen and oxygen atoms in total. The number of benzene rings is 1. The van der Waals surface area contributed by atoms with Crippen molar-refractivity contribution in [1.82, 2.24) is 9.97 Å². The maximum absolute atomic E-state index is 13.4. The van der Waals surface area contributed by atoms with Crippen LogP contribution >= 0.6 is 23.2 Å². The number of halogens is 2. The van der Waals surface area contributed by atoms with Crippen LogP contribution in [0.2, 0.25) is 10.2 Å². The number of fused-ring (bicyclic) bond motifs is 1. The van der Waals surface area contributed by atoms with E-state index in [-0.39, 0.29) is 22.3 Å². The van der Waals surface area contributed by atoms with Crippen molar-refractivity contribution in [1.29, 1.82) is 0 Å². The van der Waals surface area contributed by atoms with Gasteiger partial charge in [0.25, 0.3) is 0 Å². The van der Waals surface area contributed by atoms with E-state index < -0.39 is 11.9 Å². The second-order valence-corrected chi connectivity index (χ2v) is 8.91. The van der Waals surface area contributed by atoms with E-state index in [1.807, 2.05) is 12.1 Å². The first-order valence-corrected chi connectivity index (χ1v) is 11.5. The Hall–Kier alpha value is -3.42. The summed E-state index contributed by atoms with van der Waals surface area (Å²) in [5.41, 5.74) is 9.76. The Balaban J connectivity index is 1.82. The number of carbonyl (C=O) groups excluding carboxylic acids is 2. The molecule has 0 saturated heterocycles. The van der Waals surface area contributed by atoms with Crippen molar-refractivity contribution >= 4 is 51.5 Å². The quantitative estimate of drug-likeness (QED) is 0.408. The molecule has 172 valence electrons. The van der Waals surface area contributed by atoms with Crippen molar-refractivity contribution < 1.29 is 14.3 Å². The molecule has 0 amide bonds. The zero-order valence-corrected chi connectivity index (χ0v) is 19.7. The molecule has 3 aromatic rings. The number of hydrogen-bond acceptors (Lipinski definition) is 7. The molecule has 1 aliphatic carbocycles. The van der Waals surface area contributed by atoms with Gasteiger partial charge in [0.2, 0.25) is 0 Å². The third kappa shape index (κ3) is 3.61. The van der Waals surface area contributed by atoms with Crippen molar-refractivity contribution in [2.45, 2.75) is 25.2 Å². The van der Waals surface area contributed by atoms with Gasteiger partial charge in [-0.1, -0.05) is 23.2 Å². The van der Waals surface area contributed by atoms with Crippen molar-refractivity contribution in [3.8, 4) is 0 Å². The molecule has 1 aliphatic heterocycles. The van der Waals surface area contributed by atoms with Crippen molar-refractivity contribution in [3.05, 3.63) is 87.2 Å². The molecule has 9 heteroatoms. The molecule has 1 atom stereocenters. The average molecular weight is 495 g/mol. The van der Waals surface area contributed by atoms with Crippen LogP contribution in [-0.2, 0) is 14.3 Å². The van der Waals surface area contributed by atoms with E-state index in [2.05, 4.69) is 9.97 Å². The number of pyridine rings is 2. The molecule has 5 rings (SSSR count). The Morgan fingerprint density at radius 2 is 2.03 bits per heavy atom. The molecular formula is C25H20Cl2N4O3. The number of hydrogen-bond donors (Lipinski definition) is 1. The summed E-state index contributed by atoms with van der Waals surface area (Å²) in [7, 11) is 1.28. The van der Waals surface area contributed by atoms with Crippen LogP contribution in [0, 0.1) is 0 Å². The summed E-state index contributed by atoms with van der Waals surface area (Å²) in [6.45, 7) is 0. The van der Waals surface area contributed by atoms with Gasteiger partial charge in [-0.2, -0.15) is 0 Å². The number of rotatable bonds is 3. The summed E-state index contributed by atoms with van der Waals surface area (Å²) in [6.07, 6.45) is 4.91. The normalized spacial score (nSPS) is 18.4. The number of ether oxygens (including phenoxy) is 1. The maximum Gasteiger partial charge on any atom is 0.338 e. The summed E-state index contributed by atoms with van der Waals surface area (Å²) in [5, 5.41) is 1.44. The molecular weight excluding hydrogens is 475 g/mol. The van der Waals surface area contributed by atoms with E-state index in [1.165, 1.54) is 7.11 Å². The summed E-state index contributed by atoms with van der Waals surface area (Å²) in [4.78, 5) is 36.9.